The molecule has 1 aliphatic heterocycles. The first-order chi connectivity index (χ1) is 11.3. The number of hydrogen-bond donors (Lipinski definition) is 0. The lowest BCUT2D eigenvalue weighted by Crippen LogP contribution is -2.30. The number of rotatable bonds is 2. The van der Waals surface area contributed by atoms with Gasteiger partial charge >= 0.3 is 0 Å². The minimum Gasteiger partial charge on any atom is -0.433 e. The van der Waals surface area contributed by atoms with Crippen molar-refractivity contribution in [2.24, 2.45) is 0 Å². The third-order valence-electron chi connectivity index (χ3n) is 5.14. The molecule has 1 heterocycles. The molecule has 0 bridgehead atoms. The average Bonchev–Trinajstić information content (AvgIpc) is 2.62. The number of ether oxygens (including phenoxy) is 1. The molecule has 2 nitrogen and oxygen atoms in total. The van der Waals surface area contributed by atoms with Gasteiger partial charge < -0.3 is 4.74 Å². The van der Waals surface area contributed by atoms with Gasteiger partial charge in [0.15, 0.2) is 6.21 Å². The van der Waals surface area contributed by atoms with Gasteiger partial charge in [-0.1, -0.05) is 43.5 Å². The lowest BCUT2D eigenvalue weighted by molar-refractivity contribution is -0.522. The van der Waals surface area contributed by atoms with Crippen molar-refractivity contribution in [1.82, 2.24) is 0 Å². The van der Waals surface area contributed by atoms with Crippen LogP contribution in [-0.2, 0) is 0 Å². The fourth-order valence-corrected chi connectivity index (χ4v) is 3.83. The smallest absolute Gasteiger partial charge is 0.299 e. The van der Waals surface area contributed by atoms with Gasteiger partial charge in [-0.3, -0.25) is 0 Å². The molecule has 4 rings (SSSR count). The molecule has 0 spiro atoms. The lowest BCUT2D eigenvalue weighted by atomic mass is 9.84. The van der Waals surface area contributed by atoms with Crippen LogP contribution in [0.15, 0.2) is 48.5 Å². The Balaban J connectivity index is 1.66. The van der Waals surface area contributed by atoms with Crippen LogP contribution >= 0.6 is 0 Å². The van der Waals surface area contributed by atoms with Crippen molar-refractivity contribution in [2.75, 3.05) is 0 Å². The highest BCUT2D eigenvalue weighted by molar-refractivity contribution is 5.81. The molecular formula is C21H24NO+. The van der Waals surface area contributed by atoms with Crippen LogP contribution in [0.2, 0.25) is 0 Å². The molecule has 2 aliphatic rings. The maximum absolute atomic E-state index is 6.22. The zero-order valence-corrected chi connectivity index (χ0v) is 13.7. The second-order valence-corrected chi connectivity index (χ2v) is 6.72. The molecule has 1 fully saturated rings. The SMILES string of the molecule is CC1Oc2cc(C3CCCCC3)ccc2C=[N+]1c1ccccc1. The largest absolute Gasteiger partial charge is 0.433 e. The van der Waals surface area contributed by atoms with E-state index in [4.69, 9.17) is 4.74 Å². The topological polar surface area (TPSA) is 12.2 Å². The Morgan fingerprint density at radius 2 is 1.74 bits per heavy atom. The van der Waals surface area contributed by atoms with E-state index in [-0.39, 0.29) is 6.23 Å². The molecule has 2 aromatic rings. The average molecular weight is 306 g/mol. The van der Waals surface area contributed by atoms with E-state index in [1.54, 1.807) is 0 Å². The van der Waals surface area contributed by atoms with Crippen LogP contribution in [0.5, 0.6) is 5.75 Å². The zero-order valence-electron chi connectivity index (χ0n) is 13.7. The summed E-state index contributed by atoms with van der Waals surface area (Å²) in [6.07, 6.45) is 9.02. The Kier molecular flexibility index (Phi) is 3.90. The molecule has 0 amide bonds. The monoisotopic (exact) mass is 306 g/mol. The number of para-hydroxylation sites is 1. The first-order valence-corrected chi connectivity index (χ1v) is 8.80. The Morgan fingerprint density at radius 3 is 2.52 bits per heavy atom. The van der Waals surface area contributed by atoms with Crippen LogP contribution in [0.25, 0.3) is 0 Å². The van der Waals surface area contributed by atoms with Crippen molar-refractivity contribution in [2.45, 2.75) is 51.2 Å². The molecule has 0 aromatic heterocycles. The summed E-state index contributed by atoms with van der Waals surface area (Å²) in [6.45, 7) is 2.11. The molecule has 2 heteroatoms. The zero-order chi connectivity index (χ0) is 15.6. The van der Waals surface area contributed by atoms with Gasteiger partial charge in [0.05, 0.1) is 5.56 Å². The molecule has 0 radical (unpaired) electrons. The summed E-state index contributed by atoms with van der Waals surface area (Å²) in [7, 11) is 0. The van der Waals surface area contributed by atoms with Gasteiger partial charge in [0.2, 0.25) is 5.69 Å². The minimum absolute atomic E-state index is 0.0199. The highest BCUT2D eigenvalue weighted by Gasteiger charge is 2.27. The van der Waals surface area contributed by atoms with Crippen LogP contribution in [0.4, 0.5) is 5.69 Å². The molecule has 1 saturated carbocycles. The van der Waals surface area contributed by atoms with E-state index < -0.39 is 0 Å². The van der Waals surface area contributed by atoms with Crippen molar-refractivity contribution < 1.29 is 9.31 Å². The number of fused-ring (bicyclic) bond motifs is 1. The molecular weight excluding hydrogens is 282 g/mol. The normalized spacial score (nSPS) is 21.3. The van der Waals surface area contributed by atoms with Crippen LogP contribution in [0.1, 0.15) is 56.1 Å². The Bertz CT molecular complexity index is 714. The van der Waals surface area contributed by atoms with E-state index in [1.165, 1.54) is 48.9 Å². The first-order valence-electron chi connectivity index (χ1n) is 8.80. The number of nitrogens with zero attached hydrogens (tertiary/aromatic N) is 1. The summed E-state index contributed by atoms with van der Waals surface area (Å²) in [5.41, 5.74) is 3.80. The van der Waals surface area contributed by atoms with Gasteiger partial charge in [-0.15, -0.1) is 0 Å². The van der Waals surface area contributed by atoms with E-state index in [2.05, 4.69) is 60.2 Å². The fraction of sp³-hybridized carbons (Fsp3) is 0.381. The maximum atomic E-state index is 6.22. The summed E-state index contributed by atoms with van der Waals surface area (Å²) in [6, 6.07) is 17.2. The van der Waals surface area contributed by atoms with Crippen LogP contribution in [0.3, 0.4) is 0 Å². The minimum atomic E-state index is 0.0199. The molecule has 1 atom stereocenters. The van der Waals surface area contributed by atoms with Crippen molar-refractivity contribution in [3.63, 3.8) is 0 Å². The van der Waals surface area contributed by atoms with Crippen molar-refractivity contribution in [3.05, 3.63) is 59.7 Å². The second kappa shape index (κ2) is 6.19. The summed E-state index contributed by atoms with van der Waals surface area (Å²) < 4.78 is 8.42. The highest BCUT2D eigenvalue weighted by Crippen LogP contribution is 2.36. The van der Waals surface area contributed by atoms with Crippen LogP contribution in [0, 0.1) is 0 Å². The Labute approximate surface area is 138 Å². The number of hydrogen-bond acceptors (Lipinski definition) is 1. The molecule has 1 unspecified atom stereocenters. The van der Waals surface area contributed by atoms with E-state index in [0.717, 1.165) is 11.7 Å². The third kappa shape index (κ3) is 2.90. The van der Waals surface area contributed by atoms with E-state index in [0.29, 0.717) is 0 Å². The van der Waals surface area contributed by atoms with Crippen molar-refractivity contribution >= 4 is 11.9 Å². The first kappa shape index (κ1) is 14.5. The predicted octanol–water partition coefficient (Wildman–Crippen LogP) is 5.24. The Morgan fingerprint density at radius 1 is 0.957 bits per heavy atom. The lowest BCUT2D eigenvalue weighted by Gasteiger charge is -2.24. The molecule has 2 aromatic carbocycles. The van der Waals surface area contributed by atoms with Gasteiger partial charge in [0.1, 0.15) is 5.75 Å². The van der Waals surface area contributed by atoms with Gasteiger partial charge in [-0.25, -0.2) is 0 Å². The fourth-order valence-electron chi connectivity index (χ4n) is 3.83. The standard InChI is InChI=1S/C21H24NO/c1-16-22(20-10-6-3-7-11-20)15-19-13-12-18(14-21(19)23-16)17-8-4-2-5-9-17/h3,6-7,10-17H,2,4-5,8-9H2,1H3/q+1. The quantitative estimate of drug-likeness (QED) is 0.691. The van der Waals surface area contributed by atoms with Gasteiger partial charge in [-0.05, 0) is 36.5 Å². The van der Waals surface area contributed by atoms with Crippen LogP contribution in [-0.4, -0.2) is 17.0 Å². The Hall–Kier alpha value is -2.09. The predicted molar refractivity (Wildman–Crippen MR) is 93.9 cm³/mol. The molecule has 0 N–H and O–H groups in total. The van der Waals surface area contributed by atoms with E-state index in [1.807, 2.05) is 6.07 Å². The number of benzene rings is 2. The summed E-state index contributed by atoms with van der Waals surface area (Å²) >= 11 is 0. The summed E-state index contributed by atoms with van der Waals surface area (Å²) in [5.74, 6) is 1.76. The summed E-state index contributed by atoms with van der Waals surface area (Å²) in [4.78, 5) is 0. The van der Waals surface area contributed by atoms with Crippen LogP contribution < -0.4 is 4.74 Å². The van der Waals surface area contributed by atoms with Crippen molar-refractivity contribution in [1.29, 1.82) is 0 Å². The summed E-state index contributed by atoms with van der Waals surface area (Å²) in [5, 5.41) is 0. The maximum Gasteiger partial charge on any atom is 0.299 e. The molecule has 118 valence electrons. The molecule has 0 saturated heterocycles. The molecule has 23 heavy (non-hydrogen) atoms. The second-order valence-electron chi connectivity index (χ2n) is 6.72. The van der Waals surface area contributed by atoms with E-state index >= 15 is 0 Å². The highest BCUT2D eigenvalue weighted by atomic mass is 16.5. The molecule has 1 aliphatic carbocycles. The van der Waals surface area contributed by atoms with E-state index in [9.17, 15) is 0 Å². The van der Waals surface area contributed by atoms with Gasteiger partial charge in [-0.2, -0.15) is 4.58 Å². The van der Waals surface area contributed by atoms with Crippen molar-refractivity contribution in [3.8, 4) is 5.75 Å². The van der Waals surface area contributed by atoms with Gasteiger partial charge in [0, 0.05) is 19.1 Å². The third-order valence-corrected chi connectivity index (χ3v) is 5.14. The van der Waals surface area contributed by atoms with Gasteiger partial charge in [0.25, 0.3) is 6.23 Å².